The molecule has 0 saturated carbocycles. The number of carbonyl (C=O) groups is 1. The second kappa shape index (κ2) is 8.57. The topological polar surface area (TPSA) is 67.7 Å². The zero-order valence-electron chi connectivity index (χ0n) is 17.4. The Morgan fingerprint density at radius 2 is 1.73 bits per heavy atom. The molecule has 0 N–H and O–H groups in total. The van der Waals surface area contributed by atoms with Gasteiger partial charge in [0, 0.05) is 38.3 Å². The van der Waals surface area contributed by atoms with Gasteiger partial charge in [0.1, 0.15) is 18.1 Å². The molecule has 1 fully saturated rings. The SMILES string of the molecule is CCc1nc2ccccc2c(=O)n1CC(=O)N1CCN(c2ccc(OC)cc2)CC1. The quantitative estimate of drug-likeness (QED) is 0.651. The molecule has 7 nitrogen and oxygen atoms in total. The van der Waals surface area contributed by atoms with Gasteiger partial charge < -0.3 is 14.5 Å². The van der Waals surface area contributed by atoms with Crippen LogP contribution in [-0.4, -0.2) is 53.6 Å². The van der Waals surface area contributed by atoms with Crippen LogP contribution < -0.4 is 15.2 Å². The molecule has 1 amide bonds. The van der Waals surface area contributed by atoms with E-state index in [4.69, 9.17) is 4.74 Å². The Morgan fingerprint density at radius 1 is 1.03 bits per heavy atom. The Morgan fingerprint density at radius 3 is 2.40 bits per heavy atom. The molecule has 4 rings (SSSR count). The lowest BCUT2D eigenvalue weighted by atomic mass is 10.2. The van der Waals surface area contributed by atoms with E-state index >= 15 is 0 Å². The molecule has 1 aliphatic rings. The van der Waals surface area contributed by atoms with Crippen molar-refractivity contribution < 1.29 is 9.53 Å². The number of amides is 1. The van der Waals surface area contributed by atoms with Crippen LogP contribution in [0.25, 0.3) is 10.9 Å². The highest BCUT2D eigenvalue weighted by Gasteiger charge is 2.23. The van der Waals surface area contributed by atoms with E-state index in [2.05, 4.69) is 9.88 Å². The number of benzene rings is 2. The third-order valence-electron chi connectivity index (χ3n) is 5.62. The average Bonchev–Trinajstić information content (AvgIpc) is 2.81. The van der Waals surface area contributed by atoms with Gasteiger partial charge in [0.15, 0.2) is 0 Å². The minimum Gasteiger partial charge on any atom is -0.497 e. The summed E-state index contributed by atoms with van der Waals surface area (Å²) in [5.41, 5.74) is 1.64. The summed E-state index contributed by atoms with van der Waals surface area (Å²) in [6.45, 7) is 4.74. The van der Waals surface area contributed by atoms with E-state index in [0.717, 1.165) is 24.5 Å². The summed E-state index contributed by atoms with van der Waals surface area (Å²) < 4.78 is 6.74. The van der Waals surface area contributed by atoms with Gasteiger partial charge in [0.25, 0.3) is 5.56 Å². The Hall–Kier alpha value is -3.35. The normalized spacial score (nSPS) is 14.2. The first-order chi connectivity index (χ1) is 14.6. The lowest BCUT2D eigenvalue weighted by molar-refractivity contribution is -0.132. The summed E-state index contributed by atoms with van der Waals surface area (Å²) in [6, 6.07) is 15.2. The number of anilines is 1. The highest BCUT2D eigenvalue weighted by Crippen LogP contribution is 2.20. The summed E-state index contributed by atoms with van der Waals surface area (Å²) in [5, 5.41) is 0.548. The number of para-hydroxylation sites is 1. The molecule has 3 aromatic rings. The molecular formula is C23H26N4O3. The van der Waals surface area contributed by atoms with Crippen LogP contribution in [0, 0.1) is 0 Å². The molecule has 0 unspecified atom stereocenters. The largest absolute Gasteiger partial charge is 0.497 e. The Bertz CT molecular complexity index is 1100. The summed E-state index contributed by atoms with van der Waals surface area (Å²) in [5.74, 6) is 1.43. The van der Waals surface area contributed by atoms with Crippen molar-refractivity contribution in [2.45, 2.75) is 19.9 Å². The van der Waals surface area contributed by atoms with Crippen molar-refractivity contribution in [3.63, 3.8) is 0 Å². The summed E-state index contributed by atoms with van der Waals surface area (Å²) in [7, 11) is 1.65. The second-order valence-corrected chi connectivity index (χ2v) is 7.36. The van der Waals surface area contributed by atoms with Crippen LogP contribution in [0.4, 0.5) is 5.69 Å². The van der Waals surface area contributed by atoms with Crippen molar-refractivity contribution in [2.24, 2.45) is 0 Å². The maximum absolute atomic E-state index is 13.0. The molecule has 0 bridgehead atoms. The number of nitrogens with zero attached hydrogens (tertiary/aromatic N) is 4. The molecular weight excluding hydrogens is 380 g/mol. The first-order valence-electron chi connectivity index (χ1n) is 10.3. The van der Waals surface area contributed by atoms with E-state index < -0.39 is 0 Å². The van der Waals surface area contributed by atoms with Crippen molar-refractivity contribution >= 4 is 22.5 Å². The number of fused-ring (bicyclic) bond motifs is 1. The number of aromatic nitrogens is 2. The number of carbonyl (C=O) groups excluding carboxylic acids is 1. The van der Waals surface area contributed by atoms with Crippen molar-refractivity contribution in [2.75, 3.05) is 38.2 Å². The number of rotatable bonds is 5. The lowest BCUT2D eigenvalue weighted by Gasteiger charge is -2.36. The number of hydrogen-bond acceptors (Lipinski definition) is 5. The summed E-state index contributed by atoms with van der Waals surface area (Å²) in [4.78, 5) is 34.6. The molecule has 0 aliphatic carbocycles. The van der Waals surface area contributed by atoms with Crippen LogP contribution in [0.3, 0.4) is 0 Å². The fourth-order valence-electron chi connectivity index (χ4n) is 3.89. The van der Waals surface area contributed by atoms with Crippen LogP contribution in [0.1, 0.15) is 12.7 Å². The standard InChI is InChI=1S/C23H26N4O3/c1-3-21-24-20-7-5-4-6-19(20)23(29)27(21)16-22(28)26-14-12-25(13-15-26)17-8-10-18(30-2)11-9-17/h4-11H,3,12-16H2,1-2H3. The highest BCUT2D eigenvalue weighted by atomic mass is 16.5. The predicted octanol–water partition coefficient (Wildman–Crippen LogP) is 2.32. The first kappa shape index (κ1) is 19.9. The fourth-order valence-corrected chi connectivity index (χ4v) is 3.89. The van der Waals surface area contributed by atoms with Gasteiger partial charge in [0.05, 0.1) is 18.0 Å². The molecule has 7 heteroatoms. The summed E-state index contributed by atoms with van der Waals surface area (Å²) in [6.07, 6.45) is 0.596. The molecule has 0 atom stereocenters. The number of aryl methyl sites for hydroxylation is 1. The van der Waals surface area contributed by atoms with E-state index in [1.54, 1.807) is 13.2 Å². The van der Waals surface area contributed by atoms with Gasteiger partial charge in [-0.15, -0.1) is 0 Å². The maximum Gasteiger partial charge on any atom is 0.261 e. The van der Waals surface area contributed by atoms with E-state index in [9.17, 15) is 9.59 Å². The third-order valence-corrected chi connectivity index (χ3v) is 5.62. The van der Waals surface area contributed by atoms with Crippen molar-refractivity contribution in [1.82, 2.24) is 14.5 Å². The Balaban J connectivity index is 1.46. The number of ether oxygens (including phenoxy) is 1. The first-order valence-corrected chi connectivity index (χ1v) is 10.3. The molecule has 0 radical (unpaired) electrons. The fraction of sp³-hybridized carbons (Fsp3) is 0.348. The monoisotopic (exact) mass is 406 g/mol. The zero-order chi connectivity index (χ0) is 21.1. The number of piperazine rings is 1. The van der Waals surface area contributed by atoms with Gasteiger partial charge in [-0.05, 0) is 36.4 Å². The Kier molecular flexibility index (Phi) is 5.70. The lowest BCUT2D eigenvalue weighted by Crippen LogP contribution is -2.50. The molecule has 1 aromatic heterocycles. The molecule has 30 heavy (non-hydrogen) atoms. The van der Waals surface area contributed by atoms with E-state index in [1.807, 2.05) is 54.3 Å². The van der Waals surface area contributed by atoms with Crippen molar-refractivity contribution in [3.05, 3.63) is 64.7 Å². The molecule has 1 aliphatic heterocycles. The number of methoxy groups -OCH3 is 1. The third kappa shape index (κ3) is 3.87. The van der Waals surface area contributed by atoms with Gasteiger partial charge in [0.2, 0.25) is 5.91 Å². The van der Waals surface area contributed by atoms with Gasteiger partial charge in [-0.3, -0.25) is 14.2 Å². The highest BCUT2D eigenvalue weighted by molar-refractivity contribution is 5.79. The smallest absolute Gasteiger partial charge is 0.261 e. The molecule has 1 saturated heterocycles. The van der Waals surface area contributed by atoms with Gasteiger partial charge in [-0.1, -0.05) is 19.1 Å². The zero-order valence-corrected chi connectivity index (χ0v) is 17.4. The van der Waals surface area contributed by atoms with Crippen LogP contribution >= 0.6 is 0 Å². The molecule has 156 valence electrons. The van der Waals surface area contributed by atoms with E-state index in [1.165, 1.54) is 4.57 Å². The van der Waals surface area contributed by atoms with Crippen molar-refractivity contribution in [1.29, 1.82) is 0 Å². The minimum atomic E-state index is -0.150. The van der Waals surface area contributed by atoms with E-state index in [0.29, 0.717) is 36.2 Å². The molecule has 2 aromatic carbocycles. The molecule has 0 spiro atoms. The number of hydrogen-bond donors (Lipinski definition) is 0. The summed E-state index contributed by atoms with van der Waals surface area (Å²) >= 11 is 0. The van der Waals surface area contributed by atoms with Gasteiger partial charge >= 0.3 is 0 Å². The van der Waals surface area contributed by atoms with E-state index in [-0.39, 0.29) is 18.0 Å². The van der Waals surface area contributed by atoms with Gasteiger partial charge in [-0.2, -0.15) is 0 Å². The van der Waals surface area contributed by atoms with Crippen LogP contribution in [0.2, 0.25) is 0 Å². The maximum atomic E-state index is 13.0. The minimum absolute atomic E-state index is 0.0301. The second-order valence-electron chi connectivity index (χ2n) is 7.36. The van der Waals surface area contributed by atoms with Crippen LogP contribution in [0.5, 0.6) is 5.75 Å². The predicted molar refractivity (Wildman–Crippen MR) is 117 cm³/mol. The average molecular weight is 406 g/mol. The van der Waals surface area contributed by atoms with Crippen molar-refractivity contribution in [3.8, 4) is 5.75 Å². The molecule has 2 heterocycles. The Labute approximate surface area is 175 Å². The van der Waals surface area contributed by atoms with Gasteiger partial charge in [-0.25, -0.2) is 4.98 Å². The van der Waals surface area contributed by atoms with Crippen LogP contribution in [-0.2, 0) is 17.8 Å². The van der Waals surface area contributed by atoms with Crippen LogP contribution in [0.15, 0.2) is 53.3 Å².